The van der Waals surface area contributed by atoms with Crippen molar-refractivity contribution in [2.75, 3.05) is 0 Å². The number of pyridine rings is 1. The van der Waals surface area contributed by atoms with E-state index in [0.717, 1.165) is 5.69 Å². The van der Waals surface area contributed by atoms with Gasteiger partial charge in [-0.2, -0.15) is 0 Å². The van der Waals surface area contributed by atoms with Gasteiger partial charge in [0.25, 0.3) is 0 Å². The Morgan fingerprint density at radius 2 is 1.24 bits per heavy atom. The molecule has 0 N–H and O–H groups in total. The average Bonchev–Trinajstić information content (AvgIpc) is 3.23. The van der Waals surface area contributed by atoms with E-state index < -0.39 is 0 Å². The Kier molecular flexibility index (Phi) is 3.67. The van der Waals surface area contributed by atoms with Crippen LogP contribution in [0.5, 0.6) is 0 Å². The SMILES string of the molecule is CC1(C)C=CC(c2ccccn2)=C2C=c3cc4c5ccccc5c5ccccc5c4cc3=C21. The lowest BCUT2D eigenvalue weighted by atomic mass is 9.74. The maximum atomic E-state index is 4.67. The van der Waals surface area contributed by atoms with Gasteiger partial charge >= 0.3 is 0 Å². The number of aromatic nitrogens is 1. The summed E-state index contributed by atoms with van der Waals surface area (Å²) in [5, 5.41) is 10.6. The predicted octanol–water partition coefficient (Wildman–Crippen LogP) is 6.54. The summed E-state index contributed by atoms with van der Waals surface area (Å²) < 4.78 is 0. The first kappa shape index (κ1) is 18.6. The van der Waals surface area contributed by atoms with Crippen molar-refractivity contribution in [3.05, 3.63) is 119 Å². The monoisotopic (exact) mass is 421 g/mol. The van der Waals surface area contributed by atoms with Crippen LogP contribution in [0.1, 0.15) is 19.5 Å². The molecule has 1 aromatic heterocycles. The number of allylic oxidation sites excluding steroid dienone is 4. The fourth-order valence-electron chi connectivity index (χ4n) is 5.79. The van der Waals surface area contributed by atoms with Gasteiger partial charge in [-0.1, -0.05) is 80.6 Å². The average molecular weight is 422 g/mol. The lowest BCUT2D eigenvalue weighted by Crippen LogP contribution is -2.28. The summed E-state index contributed by atoms with van der Waals surface area (Å²) in [6, 6.07) is 28.6. The van der Waals surface area contributed by atoms with Crippen molar-refractivity contribution in [1.29, 1.82) is 0 Å². The summed E-state index contributed by atoms with van der Waals surface area (Å²) in [6.45, 7) is 4.64. The summed E-state index contributed by atoms with van der Waals surface area (Å²) in [4.78, 5) is 4.67. The molecular weight excluding hydrogens is 398 g/mol. The molecule has 5 aromatic rings. The normalized spacial score (nSPS) is 16.4. The van der Waals surface area contributed by atoms with Crippen molar-refractivity contribution in [3.63, 3.8) is 0 Å². The maximum absolute atomic E-state index is 4.67. The van der Waals surface area contributed by atoms with Crippen LogP contribution in [0, 0.1) is 5.41 Å². The second-order valence-electron chi connectivity index (χ2n) is 9.69. The minimum atomic E-state index is -0.0459. The molecule has 0 spiro atoms. The highest BCUT2D eigenvalue weighted by atomic mass is 14.7. The number of hydrogen-bond acceptors (Lipinski definition) is 1. The first-order valence-corrected chi connectivity index (χ1v) is 11.6. The third-order valence-electron chi connectivity index (χ3n) is 7.29. The molecule has 1 heteroatoms. The minimum absolute atomic E-state index is 0.0459. The maximum Gasteiger partial charge on any atom is 0.0707 e. The molecule has 0 saturated heterocycles. The highest BCUT2D eigenvalue weighted by Gasteiger charge is 2.31. The van der Waals surface area contributed by atoms with E-state index in [4.69, 9.17) is 0 Å². The first-order valence-electron chi connectivity index (χ1n) is 11.6. The zero-order valence-corrected chi connectivity index (χ0v) is 18.8. The lowest BCUT2D eigenvalue weighted by Gasteiger charge is -2.29. The molecule has 2 aliphatic rings. The first-order chi connectivity index (χ1) is 16.1. The zero-order chi connectivity index (χ0) is 22.2. The topological polar surface area (TPSA) is 12.9 Å². The van der Waals surface area contributed by atoms with Crippen LogP contribution >= 0.6 is 0 Å². The number of benzene rings is 4. The van der Waals surface area contributed by atoms with Crippen LogP contribution in [-0.4, -0.2) is 4.98 Å². The molecule has 0 saturated carbocycles. The van der Waals surface area contributed by atoms with Crippen molar-refractivity contribution < 1.29 is 0 Å². The Labute approximate surface area is 192 Å². The van der Waals surface area contributed by atoms with Gasteiger partial charge in [-0.05, 0) is 84.2 Å². The van der Waals surface area contributed by atoms with Gasteiger partial charge in [0, 0.05) is 17.2 Å². The molecule has 1 heterocycles. The molecule has 156 valence electrons. The number of rotatable bonds is 1. The summed E-state index contributed by atoms with van der Waals surface area (Å²) in [5.41, 5.74) is 4.90. The molecule has 0 amide bonds. The quantitative estimate of drug-likeness (QED) is 0.280. The molecule has 0 radical (unpaired) electrons. The predicted molar refractivity (Wildman–Crippen MR) is 140 cm³/mol. The van der Waals surface area contributed by atoms with Crippen LogP contribution in [0.25, 0.3) is 49.5 Å². The van der Waals surface area contributed by atoms with Crippen molar-refractivity contribution in [2.24, 2.45) is 5.41 Å². The summed E-state index contributed by atoms with van der Waals surface area (Å²) in [5.74, 6) is 0. The number of fused-ring (bicyclic) bond motifs is 8. The molecule has 0 aliphatic heterocycles. The smallest absolute Gasteiger partial charge is 0.0707 e. The summed E-state index contributed by atoms with van der Waals surface area (Å²) >= 11 is 0. The molecule has 1 nitrogen and oxygen atoms in total. The van der Waals surface area contributed by atoms with E-state index in [1.54, 1.807) is 0 Å². The number of nitrogens with zero attached hydrogens (tertiary/aromatic N) is 1. The Bertz CT molecular complexity index is 1820. The Morgan fingerprint density at radius 1 is 0.636 bits per heavy atom. The lowest BCUT2D eigenvalue weighted by molar-refractivity contribution is 0.645. The Balaban J connectivity index is 1.68. The second kappa shape index (κ2) is 6.52. The van der Waals surface area contributed by atoms with Gasteiger partial charge in [-0.25, -0.2) is 0 Å². The van der Waals surface area contributed by atoms with E-state index in [2.05, 4.69) is 110 Å². The van der Waals surface area contributed by atoms with Gasteiger partial charge in [-0.3, -0.25) is 4.98 Å². The van der Waals surface area contributed by atoms with Crippen molar-refractivity contribution >= 4 is 49.5 Å². The van der Waals surface area contributed by atoms with Gasteiger partial charge in [-0.15, -0.1) is 0 Å². The third kappa shape index (κ3) is 2.57. The standard InChI is InChI=1S/C32H23N/c1-32(2)15-14-25(30-13-7-8-16-33-30)29-18-20-17-27-23-11-5-3-9-21(23)22-10-4-6-12-24(22)28(27)19-26(20)31(29)32/h3-19H,1-2H3. The third-order valence-corrected chi connectivity index (χ3v) is 7.29. The van der Waals surface area contributed by atoms with E-state index in [-0.39, 0.29) is 5.41 Å². The van der Waals surface area contributed by atoms with Crippen LogP contribution in [-0.2, 0) is 0 Å². The van der Waals surface area contributed by atoms with Crippen LogP contribution in [0.3, 0.4) is 0 Å². The molecule has 0 atom stereocenters. The van der Waals surface area contributed by atoms with E-state index in [1.165, 1.54) is 59.5 Å². The van der Waals surface area contributed by atoms with E-state index >= 15 is 0 Å². The minimum Gasteiger partial charge on any atom is -0.256 e. The largest absolute Gasteiger partial charge is 0.256 e. The molecular formula is C32H23N. The van der Waals surface area contributed by atoms with Crippen LogP contribution in [0.2, 0.25) is 0 Å². The Hall–Kier alpha value is -3.97. The molecule has 0 bridgehead atoms. The van der Waals surface area contributed by atoms with Gasteiger partial charge in [0.2, 0.25) is 0 Å². The van der Waals surface area contributed by atoms with Crippen LogP contribution in [0.4, 0.5) is 0 Å². The highest BCUT2D eigenvalue weighted by Crippen LogP contribution is 2.44. The molecule has 33 heavy (non-hydrogen) atoms. The van der Waals surface area contributed by atoms with Crippen LogP contribution in [0.15, 0.2) is 103 Å². The Morgan fingerprint density at radius 3 is 1.88 bits per heavy atom. The van der Waals surface area contributed by atoms with Gasteiger partial charge < -0.3 is 0 Å². The van der Waals surface area contributed by atoms with Crippen molar-refractivity contribution in [3.8, 4) is 0 Å². The zero-order valence-electron chi connectivity index (χ0n) is 18.8. The summed E-state index contributed by atoms with van der Waals surface area (Å²) in [7, 11) is 0. The fourth-order valence-corrected chi connectivity index (χ4v) is 5.79. The molecule has 2 aliphatic carbocycles. The van der Waals surface area contributed by atoms with Crippen LogP contribution < -0.4 is 10.4 Å². The van der Waals surface area contributed by atoms with E-state index in [0.29, 0.717) is 0 Å². The second-order valence-corrected chi connectivity index (χ2v) is 9.69. The number of hydrogen-bond donors (Lipinski definition) is 0. The molecule has 0 fully saturated rings. The summed E-state index contributed by atoms with van der Waals surface area (Å²) in [6.07, 6.45) is 8.85. The van der Waals surface area contributed by atoms with Gasteiger partial charge in [0.15, 0.2) is 0 Å². The van der Waals surface area contributed by atoms with E-state index in [9.17, 15) is 0 Å². The van der Waals surface area contributed by atoms with Gasteiger partial charge in [0.1, 0.15) is 0 Å². The molecule has 0 unspecified atom stereocenters. The molecule has 4 aromatic carbocycles. The van der Waals surface area contributed by atoms with E-state index in [1.807, 2.05) is 12.3 Å². The molecule has 7 rings (SSSR count). The van der Waals surface area contributed by atoms with Crippen molar-refractivity contribution in [1.82, 2.24) is 4.98 Å². The van der Waals surface area contributed by atoms with Crippen molar-refractivity contribution in [2.45, 2.75) is 13.8 Å². The van der Waals surface area contributed by atoms with Gasteiger partial charge in [0.05, 0.1) is 5.69 Å². The highest BCUT2D eigenvalue weighted by molar-refractivity contribution is 6.25. The fraction of sp³-hybridized carbons (Fsp3) is 0.0938.